The Kier molecular flexibility index (Phi) is 10.3. The van der Waals surface area contributed by atoms with Gasteiger partial charge in [0, 0.05) is 5.54 Å². The molecule has 0 bridgehead atoms. The zero-order valence-electron chi connectivity index (χ0n) is 15.7. The first-order chi connectivity index (χ1) is 12.1. The highest BCUT2D eigenvalue weighted by Gasteiger charge is 2.20. The number of aryl methyl sites for hydroxylation is 2. The van der Waals surface area contributed by atoms with Crippen molar-refractivity contribution >= 4 is 12.4 Å². The van der Waals surface area contributed by atoms with Gasteiger partial charge in [0.1, 0.15) is 5.75 Å². The zero-order valence-corrected chi connectivity index (χ0v) is 16.5. The molecule has 0 aliphatic heterocycles. The van der Waals surface area contributed by atoms with E-state index in [4.69, 9.17) is 10.5 Å². The van der Waals surface area contributed by atoms with Crippen LogP contribution in [0, 0.1) is 0 Å². The summed E-state index contributed by atoms with van der Waals surface area (Å²) in [5.74, 6) is 0.917. The molecule has 144 valence electrons. The highest BCUT2D eigenvalue weighted by atomic mass is 35.5. The largest absolute Gasteiger partial charge is 0.494 e. The normalized spacial score (nSPS) is 12.9. The first kappa shape index (κ1) is 22.5. The summed E-state index contributed by atoms with van der Waals surface area (Å²) < 4.78 is 5.82. The lowest BCUT2D eigenvalue weighted by Gasteiger charge is -2.25. The van der Waals surface area contributed by atoms with Crippen LogP contribution < -0.4 is 10.5 Å². The lowest BCUT2D eigenvalue weighted by Crippen LogP contribution is -2.43. The molecule has 1 unspecified atom stereocenters. The third-order valence-electron chi connectivity index (χ3n) is 4.83. The Balaban J connectivity index is 0.00000338. The first-order valence-corrected chi connectivity index (χ1v) is 9.30. The van der Waals surface area contributed by atoms with Crippen molar-refractivity contribution in [2.45, 2.75) is 51.0 Å². The fraction of sp³-hybridized carbons (Fsp3) is 0.455. The number of ether oxygens (including phenoxy) is 1. The van der Waals surface area contributed by atoms with Gasteiger partial charge in [-0.25, -0.2) is 0 Å². The average molecular weight is 378 g/mol. The Morgan fingerprint density at radius 1 is 0.923 bits per heavy atom. The van der Waals surface area contributed by atoms with Crippen LogP contribution in [0.15, 0.2) is 54.6 Å². The fourth-order valence-corrected chi connectivity index (χ4v) is 2.78. The number of aliphatic hydroxyl groups is 1. The van der Waals surface area contributed by atoms with Gasteiger partial charge < -0.3 is 15.6 Å². The molecule has 0 heterocycles. The molecule has 1 atom stereocenters. The van der Waals surface area contributed by atoms with E-state index < -0.39 is 5.54 Å². The van der Waals surface area contributed by atoms with E-state index in [0.29, 0.717) is 0 Å². The molecule has 3 nitrogen and oxygen atoms in total. The van der Waals surface area contributed by atoms with Crippen molar-refractivity contribution in [3.05, 3.63) is 65.7 Å². The van der Waals surface area contributed by atoms with E-state index in [2.05, 4.69) is 42.5 Å². The van der Waals surface area contributed by atoms with Crippen molar-refractivity contribution in [1.29, 1.82) is 0 Å². The van der Waals surface area contributed by atoms with Crippen LogP contribution in [0.4, 0.5) is 0 Å². The van der Waals surface area contributed by atoms with E-state index >= 15 is 0 Å². The van der Waals surface area contributed by atoms with Gasteiger partial charge in [0.15, 0.2) is 0 Å². The van der Waals surface area contributed by atoms with Crippen LogP contribution in [0.25, 0.3) is 0 Å². The summed E-state index contributed by atoms with van der Waals surface area (Å²) in [5, 5.41) is 9.38. The van der Waals surface area contributed by atoms with Gasteiger partial charge in [-0.05, 0) is 61.8 Å². The van der Waals surface area contributed by atoms with Gasteiger partial charge in [-0.3, -0.25) is 0 Å². The minimum absolute atomic E-state index is 0. The molecule has 0 saturated heterocycles. The van der Waals surface area contributed by atoms with E-state index in [1.165, 1.54) is 11.1 Å². The molecule has 26 heavy (non-hydrogen) atoms. The Bertz CT molecular complexity index is 597. The van der Waals surface area contributed by atoms with E-state index in [9.17, 15) is 5.11 Å². The quantitative estimate of drug-likeness (QED) is 0.565. The van der Waals surface area contributed by atoms with Crippen molar-refractivity contribution in [3.8, 4) is 5.75 Å². The van der Waals surface area contributed by atoms with Crippen molar-refractivity contribution in [1.82, 2.24) is 0 Å². The van der Waals surface area contributed by atoms with Crippen LogP contribution >= 0.6 is 12.4 Å². The second-order valence-electron chi connectivity index (χ2n) is 6.81. The third-order valence-corrected chi connectivity index (χ3v) is 4.83. The number of hydrogen-bond donors (Lipinski definition) is 2. The predicted octanol–water partition coefficient (Wildman–Crippen LogP) is 4.54. The lowest BCUT2D eigenvalue weighted by atomic mass is 9.90. The molecule has 4 heteroatoms. The van der Waals surface area contributed by atoms with Gasteiger partial charge in [-0.15, -0.1) is 12.4 Å². The van der Waals surface area contributed by atoms with Crippen LogP contribution in [0.1, 0.15) is 43.7 Å². The van der Waals surface area contributed by atoms with E-state index in [1.54, 1.807) is 0 Å². The lowest BCUT2D eigenvalue weighted by molar-refractivity contribution is 0.183. The summed E-state index contributed by atoms with van der Waals surface area (Å²) in [6, 6.07) is 18.8. The Labute approximate surface area is 164 Å². The van der Waals surface area contributed by atoms with Crippen LogP contribution in [0.2, 0.25) is 0 Å². The molecule has 2 aromatic rings. The smallest absolute Gasteiger partial charge is 0.119 e. The van der Waals surface area contributed by atoms with Gasteiger partial charge in [0.2, 0.25) is 0 Å². The monoisotopic (exact) mass is 377 g/mol. The number of aliphatic hydroxyl groups excluding tert-OH is 1. The minimum Gasteiger partial charge on any atom is -0.494 e. The van der Waals surface area contributed by atoms with Gasteiger partial charge in [-0.2, -0.15) is 0 Å². The van der Waals surface area contributed by atoms with Gasteiger partial charge >= 0.3 is 0 Å². The molecule has 3 N–H and O–H groups in total. The Hall–Kier alpha value is -1.55. The van der Waals surface area contributed by atoms with E-state index in [1.807, 2.05) is 19.1 Å². The Morgan fingerprint density at radius 3 is 2.19 bits per heavy atom. The topological polar surface area (TPSA) is 55.5 Å². The molecule has 2 aromatic carbocycles. The molecule has 0 aliphatic rings. The number of hydrogen-bond acceptors (Lipinski definition) is 3. The molecule has 0 aliphatic carbocycles. The van der Waals surface area contributed by atoms with Crippen molar-refractivity contribution < 1.29 is 9.84 Å². The molecule has 0 saturated carbocycles. The van der Waals surface area contributed by atoms with E-state index in [-0.39, 0.29) is 19.0 Å². The van der Waals surface area contributed by atoms with E-state index in [0.717, 1.165) is 50.9 Å². The maximum absolute atomic E-state index is 9.38. The number of nitrogens with two attached hydrogens (primary N) is 1. The predicted molar refractivity (Wildman–Crippen MR) is 111 cm³/mol. The maximum Gasteiger partial charge on any atom is 0.119 e. The highest BCUT2D eigenvalue weighted by molar-refractivity contribution is 5.85. The van der Waals surface area contributed by atoms with Crippen LogP contribution in [0.5, 0.6) is 5.75 Å². The second-order valence-corrected chi connectivity index (χ2v) is 6.81. The number of benzene rings is 2. The zero-order chi connectivity index (χ0) is 18.0. The molecule has 0 fully saturated rings. The van der Waals surface area contributed by atoms with Crippen molar-refractivity contribution in [3.63, 3.8) is 0 Å². The Morgan fingerprint density at radius 2 is 1.58 bits per heavy atom. The summed E-state index contributed by atoms with van der Waals surface area (Å²) in [6.45, 7) is 2.80. The number of unbranched alkanes of at least 4 members (excludes halogenated alkanes) is 1. The third kappa shape index (κ3) is 7.77. The highest BCUT2D eigenvalue weighted by Crippen LogP contribution is 2.18. The molecule has 0 aromatic heterocycles. The molecule has 0 spiro atoms. The SMILES string of the molecule is CCC(N)(CO)CCc1ccc(OCCCCc2ccccc2)cc1.Cl. The van der Waals surface area contributed by atoms with Gasteiger partial charge in [0.05, 0.1) is 13.2 Å². The standard InChI is InChI=1S/C22H31NO2.ClH/c1-2-22(23,18-24)16-15-20-11-13-21(14-12-20)25-17-7-6-10-19-8-4-3-5-9-19;/h3-5,8-9,11-14,24H,2,6-7,10,15-18,23H2,1H3;1H. The summed E-state index contributed by atoms with van der Waals surface area (Å²) in [6.07, 6.45) is 5.75. The second kappa shape index (κ2) is 11.9. The number of halogens is 1. The molecule has 0 amide bonds. The van der Waals surface area contributed by atoms with Crippen molar-refractivity contribution in [2.75, 3.05) is 13.2 Å². The summed E-state index contributed by atoms with van der Waals surface area (Å²) in [5.41, 5.74) is 8.29. The number of rotatable bonds is 11. The first-order valence-electron chi connectivity index (χ1n) is 9.30. The summed E-state index contributed by atoms with van der Waals surface area (Å²) in [4.78, 5) is 0. The van der Waals surface area contributed by atoms with Gasteiger partial charge in [-0.1, -0.05) is 49.4 Å². The van der Waals surface area contributed by atoms with Gasteiger partial charge in [0.25, 0.3) is 0 Å². The van der Waals surface area contributed by atoms with Crippen LogP contribution in [0.3, 0.4) is 0 Å². The maximum atomic E-state index is 9.38. The molecule has 2 rings (SSSR count). The molecule has 0 radical (unpaired) electrons. The fourth-order valence-electron chi connectivity index (χ4n) is 2.78. The molecular formula is C22H32ClNO2. The molecular weight excluding hydrogens is 346 g/mol. The van der Waals surface area contributed by atoms with Crippen LogP contribution in [-0.2, 0) is 12.8 Å². The minimum atomic E-state index is -0.464. The average Bonchev–Trinajstić information content (AvgIpc) is 2.67. The summed E-state index contributed by atoms with van der Waals surface area (Å²) >= 11 is 0. The van der Waals surface area contributed by atoms with Crippen LogP contribution in [-0.4, -0.2) is 23.9 Å². The van der Waals surface area contributed by atoms with Crippen molar-refractivity contribution in [2.24, 2.45) is 5.73 Å². The summed E-state index contributed by atoms with van der Waals surface area (Å²) in [7, 11) is 0.